The lowest BCUT2D eigenvalue weighted by Crippen LogP contribution is -2.48. The van der Waals surface area contributed by atoms with Gasteiger partial charge in [0.25, 0.3) is 5.91 Å². The predicted molar refractivity (Wildman–Crippen MR) is 123 cm³/mol. The van der Waals surface area contributed by atoms with E-state index in [4.69, 9.17) is 16.3 Å². The van der Waals surface area contributed by atoms with Crippen molar-refractivity contribution in [2.24, 2.45) is 0 Å². The fourth-order valence-electron chi connectivity index (χ4n) is 3.30. The van der Waals surface area contributed by atoms with Gasteiger partial charge in [0.2, 0.25) is 0 Å². The Hall–Kier alpha value is -2.20. The second kappa shape index (κ2) is 11.4. The molecule has 168 valence electrons. The summed E-state index contributed by atoms with van der Waals surface area (Å²) in [5.74, 6) is -0.0509. The quantitative estimate of drug-likeness (QED) is 0.647. The number of likely N-dealkylation sites (N-methyl/N-ethyl adjacent to an activating group) is 1. The number of thiazole rings is 1. The van der Waals surface area contributed by atoms with E-state index in [2.05, 4.69) is 22.1 Å². The van der Waals surface area contributed by atoms with E-state index < -0.39 is 0 Å². The van der Waals surface area contributed by atoms with Gasteiger partial charge in [0, 0.05) is 55.9 Å². The third-order valence-electron chi connectivity index (χ3n) is 5.13. The smallest absolute Gasteiger partial charge is 0.322 e. The molecule has 2 aromatic rings. The first-order chi connectivity index (χ1) is 15.0. The van der Waals surface area contributed by atoms with E-state index in [-0.39, 0.29) is 18.5 Å². The lowest BCUT2D eigenvalue weighted by atomic mass is 10.3. The molecule has 0 radical (unpaired) electrons. The van der Waals surface area contributed by atoms with Crippen LogP contribution in [0.1, 0.15) is 22.4 Å². The Bertz CT molecular complexity index is 885. The van der Waals surface area contributed by atoms with Crippen molar-refractivity contribution in [3.05, 3.63) is 45.4 Å². The first kappa shape index (κ1) is 23.5. The molecule has 31 heavy (non-hydrogen) atoms. The zero-order valence-corrected chi connectivity index (χ0v) is 19.4. The van der Waals surface area contributed by atoms with Crippen LogP contribution >= 0.6 is 22.9 Å². The van der Waals surface area contributed by atoms with Crippen LogP contribution in [0.15, 0.2) is 29.6 Å². The molecule has 1 saturated heterocycles. The standard InChI is InChI=1S/C21H28ClN5O3S/c1-3-25-7-9-26(10-8-25)20(28)18-15-31-19(24-18)14-27(11-12-30-2)21(29)23-17-6-4-5-16(22)13-17/h4-6,13,15H,3,7-12,14H2,1-2H3,(H,23,29). The number of benzene rings is 1. The Labute approximate surface area is 191 Å². The summed E-state index contributed by atoms with van der Waals surface area (Å²) in [5, 5.41) is 5.87. The van der Waals surface area contributed by atoms with Gasteiger partial charge in [0.15, 0.2) is 0 Å². The monoisotopic (exact) mass is 465 g/mol. The largest absolute Gasteiger partial charge is 0.383 e. The molecule has 2 heterocycles. The van der Waals surface area contributed by atoms with Gasteiger partial charge in [-0.3, -0.25) is 4.79 Å². The summed E-state index contributed by atoms with van der Waals surface area (Å²) < 4.78 is 5.15. The number of carbonyl (C=O) groups is 2. The lowest BCUT2D eigenvalue weighted by molar-refractivity contribution is 0.0638. The molecular formula is C21H28ClN5O3S. The number of anilines is 1. The van der Waals surface area contributed by atoms with Crippen molar-refractivity contribution in [1.82, 2.24) is 19.7 Å². The van der Waals surface area contributed by atoms with Crippen molar-refractivity contribution in [3.63, 3.8) is 0 Å². The summed E-state index contributed by atoms with van der Waals surface area (Å²) in [4.78, 5) is 35.9. The van der Waals surface area contributed by atoms with Gasteiger partial charge in [-0.05, 0) is 24.7 Å². The number of rotatable bonds is 8. The van der Waals surface area contributed by atoms with Crippen LogP contribution in [0.2, 0.25) is 5.02 Å². The molecule has 1 aromatic carbocycles. The summed E-state index contributed by atoms with van der Waals surface area (Å²) in [6, 6.07) is 6.70. The SMILES string of the molecule is CCN1CCN(C(=O)c2csc(CN(CCOC)C(=O)Nc3cccc(Cl)c3)n2)CC1. The van der Waals surface area contributed by atoms with Gasteiger partial charge >= 0.3 is 6.03 Å². The number of ether oxygens (including phenoxy) is 1. The minimum absolute atomic E-state index is 0.0509. The van der Waals surface area contributed by atoms with Gasteiger partial charge in [0.05, 0.1) is 13.2 Å². The highest BCUT2D eigenvalue weighted by molar-refractivity contribution is 7.09. The lowest BCUT2D eigenvalue weighted by Gasteiger charge is -2.33. The highest BCUT2D eigenvalue weighted by Gasteiger charge is 2.24. The molecule has 8 nitrogen and oxygen atoms in total. The van der Waals surface area contributed by atoms with E-state index in [9.17, 15) is 9.59 Å². The van der Waals surface area contributed by atoms with Crippen LogP contribution < -0.4 is 5.32 Å². The van der Waals surface area contributed by atoms with Crippen LogP contribution in [0.5, 0.6) is 0 Å². The van der Waals surface area contributed by atoms with Gasteiger partial charge < -0.3 is 24.8 Å². The van der Waals surface area contributed by atoms with Gasteiger partial charge in [-0.25, -0.2) is 9.78 Å². The summed E-state index contributed by atoms with van der Waals surface area (Å²) in [6.07, 6.45) is 0. The highest BCUT2D eigenvalue weighted by Crippen LogP contribution is 2.18. The molecule has 1 aromatic heterocycles. The molecule has 0 atom stereocenters. The van der Waals surface area contributed by atoms with Crippen molar-refractivity contribution in [2.75, 3.05) is 58.3 Å². The van der Waals surface area contributed by atoms with Gasteiger partial charge in [-0.2, -0.15) is 0 Å². The maximum atomic E-state index is 12.8. The minimum atomic E-state index is -0.280. The van der Waals surface area contributed by atoms with Gasteiger partial charge in [0.1, 0.15) is 10.7 Å². The number of urea groups is 1. The number of methoxy groups -OCH3 is 1. The molecule has 0 spiro atoms. The molecule has 10 heteroatoms. The molecular weight excluding hydrogens is 438 g/mol. The number of nitrogens with one attached hydrogen (secondary N) is 1. The summed E-state index contributed by atoms with van der Waals surface area (Å²) in [7, 11) is 1.59. The van der Waals surface area contributed by atoms with E-state index in [0.29, 0.717) is 47.7 Å². The normalized spacial score (nSPS) is 14.5. The Morgan fingerprint density at radius 1 is 1.29 bits per heavy atom. The summed E-state index contributed by atoms with van der Waals surface area (Å²) in [6.45, 7) is 7.38. The molecule has 0 bridgehead atoms. The zero-order chi connectivity index (χ0) is 22.2. The van der Waals surface area contributed by atoms with E-state index in [1.165, 1.54) is 11.3 Å². The Balaban J connectivity index is 1.63. The van der Waals surface area contributed by atoms with Crippen molar-refractivity contribution in [2.45, 2.75) is 13.5 Å². The maximum Gasteiger partial charge on any atom is 0.322 e. The van der Waals surface area contributed by atoms with Gasteiger partial charge in [-0.1, -0.05) is 24.6 Å². The molecule has 1 fully saturated rings. The number of nitrogens with zero attached hydrogens (tertiary/aromatic N) is 4. The molecule has 1 aliphatic heterocycles. The second-order valence-corrected chi connectivity index (χ2v) is 8.59. The summed E-state index contributed by atoms with van der Waals surface area (Å²) >= 11 is 7.38. The molecule has 1 aliphatic rings. The van der Waals surface area contributed by atoms with Crippen molar-refractivity contribution >= 4 is 40.6 Å². The number of hydrogen-bond donors (Lipinski definition) is 1. The molecule has 0 aliphatic carbocycles. The van der Waals surface area contributed by atoms with E-state index in [1.54, 1.807) is 41.7 Å². The number of halogens is 1. The third-order valence-corrected chi connectivity index (χ3v) is 6.20. The van der Waals surface area contributed by atoms with Crippen molar-refractivity contribution in [1.29, 1.82) is 0 Å². The van der Waals surface area contributed by atoms with Crippen LogP contribution in [0, 0.1) is 0 Å². The molecule has 0 unspecified atom stereocenters. The number of aromatic nitrogens is 1. The average Bonchev–Trinajstić information content (AvgIpc) is 3.24. The topological polar surface area (TPSA) is 78.0 Å². The van der Waals surface area contributed by atoms with Crippen LogP contribution in [-0.2, 0) is 11.3 Å². The van der Waals surface area contributed by atoms with Crippen molar-refractivity contribution in [3.8, 4) is 0 Å². The molecule has 3 amide bonds. The first-order valence-electron chi connectivity index (χ1n) is 10.3. The number of hydrogen-bond acceptors (Lipinski definition) is 6. The Morgan fingerprint density at radius 2 is 2.06 bits per heavy atom. The fourth-order valence-corrected chi connectivity index (χ4v) is 4.27. The first-order valence-corrected chi connectivity index (χ1v) is 11.5. The Morgan fingerprint density at radius 3 is 2.74 bits per heavy atom. The number of carbonyl (C=O) groups excluding carboxylic acids is 2. The fraction of sp³-hybridized carbons (Fsp3) is 0.476. The minimum Gasteiger partial charge on any atom is -0.383 e. The molecule has 0 saturated carbocycles. The van der Waals surface area contributed by atoms with Crippen LogP contribution in [0.3, 0.4) is 0 Å². The number of amides is 3. The molecule has 3 rings (SSSR count). The second-order valence-electron chi connectivity index (χ2n) is 7.21. The molecule has 1 N–H and O–H groups in total. The highest BCUT2D eigenvalue weighted by atomic mass is 35.5. The Kier molecular flexibility index (Phi) is 8.65. The average molecular weight is 466 g/mol. The predicted octanol–water partition coefficient (Wildman–Crippen LogP) is 3.25. The van der Waals surface area contributed by atoms with Crippen LogP contribution in [0.4, 0.5) is 10.5 Å². The maximum absolute atomic E-state index is 12.8. The third kappa shape index (κ3) is 6.64. The van der Waals surface area contributed by atoms with Crippen LogP contribution in [-0.4, -0.2) is 84.6 Å². The van der Waals surface area contributed by atoms with E-state index in [0.717, 1.165) is 19.6 Å². The van der Waals surface area contributed by atoms with Crippen LogP contribution in [0.25, 0.3) is 0 Å². The summed E-state index contributed by atoms with van der Waals surface area (Å²) in [5.41, 5.74) is 1.05. The van der Waals surface area contributed by atoms with E-state index in [1.807, 2.05) is 4.90 Å². The zero-order valence-electron chi connectivity index (χ0n) is 17.8. The number of piperazine rings is 1. The van der Waals surface area contributed by atoms with Gasteiger partial charge in [-0.15, -0.1) is 11.3 Å². The van der Waals surface area contributed by atoms with E-state index >= 15 is 0 Å². The van der Waals surface area contributed by atoms with Crippen molar-refractivity contribution < 1.29 is 14.3 Å².